The van der Waals surface area contributed by atoms with Crippen LogP contribution in [-0.2, 0) is 11.3 Å². The maximum atomic E-state index is 14.1. The van der Waals surface area contributed by atoms with Crippen LogP contribution in [0, 0.1) is 5.82 Å². The normalized spacial score (nSPS) is 15.1. The highest BCUT2D eigenvalue weighted by Gasteiger charge is 2.36. The lowest BCUT2D eigenvalue weighted by molar-refractivity contribution is -0.123. The number of carboxylic acids is 1. The number of halogens is 3. The number of aromatic carboxylic acids is 1. The summed E-state index contributed by atoms with van der Waals surface area (Å²) in [6.07, 6.45) is 1.38. The van der Waals surface area contributed by atoms with E-state index in [4.69, 9.17) is 32.7 Å². The van der Waals surface area contributed by atoms with Crippen molar-refractivity contribution in [2.75, 3.05) is 0 Å². The van der Waals surface area contributed by atoms with Crippen molar-refractivity contribution in [1.82, 2.24) is 4.90 Å². The van der Waals surface area contributed by atoms with Crippen molar-refractivity contribution >= 4 is 58.2 Å². The maximum absolute atomic E-state index is 14.1. The Morgan fingerprint density at radius 1 is 1.12 bits per heavy atom. The molecule has 2 amide bonds. The summed E-state index contributed by atoms with van der Waals surface area (Å²) in [5.41, 5.74) is 0.453. The number of nitrogens with zero attached hydrogens (tertiary/aromatic N) is 1. The minimum absolute atomic E-state index is 0.0373. The van der Waals surface area contributed by atoms with E-state index in [9.17, 15) is 18.8 Å². The van der Waals surface area contributed by atoms with Crippen molar-refractivity contribution in [3.63, 3.8) is 0 Å². The van der Waals surface area contributed by atoms with Crippen LogP contribution in [0.3, 0.4) is 0 Å². The lowest BCUT2D eigenvalue weighted by atomic mass is 10.1. The molecule has 1 aliphatic rings. The van der Waals surface area contributed by atoms with Gasteiger partial charge in [-0.3, -0.25) is 14.5 Å². The van der Waals surface area contributed by atoms with E-state index >= 15 is 0 Å². The fourth-order valence-electron chi connectivity index (χ4n) is 3.03. The number of furan rings is 1. The monoisotopic (exact) mass is 491 g/mol. The predicted molar refractivity (Wildman–Crippen MR) is 119 cm³/mol. The topological polar surface area (TPSA) is 87.8 Å². The highest BCUT2D eigenvalue weighted by molar-refractivity contribution is 8.18. The van der Waals surface area contributed by atoms with Crippen LogP contribution in [0.2, 0.25) is 10.0 Å². The molecule has 162 valence electrons. The molecule has 10 heteroatoms. The molecule has 1 N–H and O–H groups in total. The highest BCUT2D eigenvalue weighted by Crippen LogP contribution is 2.36. The molecular weight excluding hydrogens is 480 g/mol. The minimum Gasteiger partial charge on any atom is -0.478 e. The molecule has 0 saturated carbocycles. The van der Waals surface area contributed by atoms with E-state index in [0.717, 1.165) is 4.90 Å². The van der Waals surface area contributed by atoms with Gasteiger partial charge in [0.25, 0.3) is 11.1 Å². The molecule has 0 unspecified atom stereocenters. The SMILES string of the molecule is O=C(O)c1ccc(Cl)c(-c2ccc(/C=C3\SC(=O)N(Cc4c(F)cccc4Cl)C3=O)o2)c1. The fourth-order valence-corrected chi connectivity index (χ4v) is 4.28. The molecule has 1 aliphatic heterocycles. The molecule has 0 spiro atoms. The van der Waals surface area contributed by atoms with Crippen molar-refractivity contribution in [3.8, 4) is 11.3 Å². The predicted octanol–water partition coefficient (Wildman–Crippen LogP) is 6.33. The maximum Gasteiger partial charge on any atom is 0.335 e. The van der Waals surface area contributed by atoms with Crippen molar-refractivity contribution < 1.29 is 28.3 Å². The number of hydrogen-bond acceptors (Lipinski definition) is 5. The fraction of sp³-hybridized carbons (Fsp3) is 0.0455. The number of carboxylic acid groups (broad SMARTS) is 1. The molecule has 3 aromatic rings. The van der Waals surface area contributed by atoms with Gasteiger partial charge in [0.05, 0.1) is 22.0 Å². The smallest absolute Gasteiger partial charge is 0.335 e. The zero-order valence-electron chi connectivity index (χ0n) is 16.0. The van der Waals surface area contributed by atoms with Crippen molar-refractivity contribution in [1.29, 1.82) is 0 Å². The molecule has 0 radical (unpaired) electrons. The van der Waals surface area contributed by atoms with Gasteiger partial charge in [-0.25, -0.2) is 9.18 Å². The average molecular weight is 492 g/mol. The molecule has 2 aromatic carbocycles. The first-order valence-electron chi connectivity index (χ1n) is 9.06. The first kappa shape index (κ1) is 22.1. The summed E-state index contributed by atoms with van der Waals surface area (Å²) in [7, 11) is 0. The second-order valence-corrected chi connectivity index (χ2v) is 8.48. The Labute approximate surface area is 195 Å². The zero-order valence-corrected chi connectivity index (χ0v) is 18.3. The van der Waals surface area contributed by atoms with E-state index in [2.05, 4.69) is 0 Å². The number of benzene rings is 2. The van der Waals surface area contributed by atoms with Gasteiger partial charge in [-0.05, 0) is 54.2 Å². The summed E-state index contributed by atoms with van der Waals surface area (Å²) in [5.74, 6) is -1.79. The largest absolute Gasteiger partial charge is 0.478 e. The molecule has 1 fully saturated rings. The molecule has 0 aliphatic carbocycles. The van der Waals surface area contributed by atoms with Gasteiger partial charge in [-0.1, -0.05) is 29.3 Å². The van der Waals surface area contributed by atoms with E-state index in [-0.39, 0.29) is 38.4 Å². The summed E-state index contributed by atoms with van der Waals surface area (Å²) in [6, 6.07) is 11.4. The van der Waals surface area contributed by atoms with E-state index in [0.29, 0.717) is 23.1 Å². The Kier molecular flexibility index (Phi) is 6.10. The molecule has 0 bridgehead atoms. The number of carbonyl (C=O) groups is 3. The Hall–Kier alpha value is -3.07. The van der Waals surface area contributed by atoms with E-state index in [1.807, 2.05) is 0 Å². The number of rotatable bonds is 5. The van der Waals surface area contributed by atoms with Gasteiger partial charge in [0.15, 0.2) is 0 Å². The van der Waals surface area contributed by atoms with Crippen LogP contribution in [0.1, 0.15) is 21.7 Å². The van der Waals surface area contributed by atoms with Gasteiger partial charge in [-0.2, -0.15) is 0 Å². The van der Waals surface area contributed by atoms with Gasteiger partial charge in [0.2, 0.25) is 0 Å². The van der Waals surface area contributed by atoms with Crippen molar-refractivity contribution in [2.45, 2.75) is 6.54 Å². The molecule has 2 heterocycles. The first-order valence-corrected chi connectivity index (χ1v) is 10.6. The highest BCUT2D eigenvalue weighted by atomic mass is 35.5. The lowest BCUT2D eigenvalue weighted by Crippen LogP contribution is -2.28. The van der Waals surface area contributed by atoms with Gasteiger partial charge in [0, 0.05) is 22.2 Å². The van der Waals surface area contributed by atoms with E-state index < -0.39 is 22.9 Å². The Morgan fingerprint density at radius 2 is 1.91 bits per heavy atom. The molecule has 1 aromatic heterocycles. The number of thioether (sulfide) groups is 1. The lowest BCUT2D eigenvalue weighted by Gasteiger charge is -2.14. The Bertz CT molecular complexity index is 1280. The average Bonchev–Trinajstić information content (AvgIpc) is 3.30. The van der Waals surface area contributed by atoms with Gasteiger partial charge in [0.1, 0.15) is 17.3 Å². The van der Waals surface area contributed by atoms with Gasteiger partial charge >= 0.3 is 5.97 Å². The molecular formula is C22H12Cl2FNO5S. The summed E-state index contributed by atoms with van der Waals surface area (Å²) in [4.78, 5) is 37.3. The summed E-state index contributed by atoms with van der Waals surface area (Å²) >= 11 is 12.9. The Morgan fingerprint density at radius 3 is 2.62 bits per heavy atom. The second kappa shape index (κ2) is 8.82. The van der Waals surface area contributed by atoms with Crippen LogP contribution in [0.5, 0.6) is 0 Å². The quantitative estimate of drug-likeness (QED) is 0.419. The van der Waals surface area contributed by atoms with Crippen LogP contribution in [-0.4, -0.2) is 27.1 Å². The van der Waals surface area contributed by atoms with Gasteiger partial charge < -0.3 is 9.52 Å². The zero-order chi connectivity index (χ0) is 23.0. The van der Waals surface area contributed by atoms with E-state index in [1.54, 1.807) is 12.1 Å². The number of carbonyl (C=O) groups excluding carboxylic acids is 2. The van der Waals surface area contributed by atoms with Crippen LogP contribution in [0.15, 0.2) is 57.9 Å². The third-order valence-electron chi connectivity index (χ3n) is 4.63. The molecule has 6 nitrogen and oxygen atoms in total. The van der Waals surface area contributed by atoms with Crippen molar-refractivity contribution in [2.24, 2.45) is 0 Å². The van der Waals surface area contributed by atoms with Gasteiger partial charge in [-0.15, -0.1) is 0 Å². The standard InChI is InChI=1S/C22H12Cl2FNO5S/c23-15-2-1-3-17(25)14(15)10-26-20(27)19(32-22(26)30)9-12-5-7-18(31-12)13-8-11(21(28)29)4-6-16(13)24/h1-9H,10H2,(H,28,29)/b19-9-. The first-order chi connectivity index (χ1) is 15.2. The van der Waals surface area contributed by atoms with Crippen LogP contribution < -0.4 is 0 Å². The third-order valence-corrected chi connectivity index (χ3v) is 6.22. The number of imide groups is 1. The third kappa shape index (κ3) is 4.29. The second-order valence-electron chi connectivity index (χ2n) is 6.67. The molecule has 1 saturated heterocycles. The minimum atomic E-state index is -1.11. The van der Waals surface area contributed by atoms with Crippen LogP contribution >= 0.6 is 35.0 Å². The van der Waals surface area contributed by atoms with Crippen molar-refractivity contribution in [3.05, 3.63) is 86.2 Å². The van der Waals surface area contributed by atoms with Crippen LogP contribution in [0.4, 0.5) is 9.18 Å². The summed E-state index contributed by atoms with van der Waals surface area (Å²) in [6.45, 7) is -0.297. The van der Waals surface area contributed by atoms with Crippen LogP contribution in [0.25, 0.3) is 17.4 Å². The summed E-state index contributed by atoms with van der Waals surface area (Å²) in [5, 5.41) is 9.01. The van der Waals surface area contributed by atoms with E-state index in [1.165, 1.54) is 42.5 Å². The molecule has 32 heavy (non-hydrogen) atoms. The number of hydrogen-bond donors (Lipinski definition) is 1. The molecule has 0 atom stereocenters. The summed E-state index contributed by atoms with van der Waals surface area (Å²) < 4.78 is 19.8. The Balaban J connectivity index is 1.59. The number of amides is 2. The molecule has 4 rings (SSSR count).